The van der Waals surface area contributed by atoms with Crippen LogP contribution >= 0.6 is 0 Å². The van der Waals surface area contributed by atoms with Crippen molar-refractivity contribution in [1.29, 1.82) is 0 Å². The summed E-state index contributed by atoms with van der Waals surface area (Å²) < 4.78 is 26.6. The molecule has 2 aromatic rings. The van der Waals surface area contributed by atoms with Crippen molar-refractivity contribution >= 4 is 10.0 Å². The fourth-order valence-corrected chi connectivity index (χ4v) is 3.32. The molecule has 0 saturated heterocycles. The maximum Gasteiger partial charge on any atom is 0.244 e. The van der Waals surface area contributed by atoms with Crippen LogP contribution in [0.2, 0.25) is 0 Å². The Kier molecular flexibility index (Phi) is 4.79. The number of hydrogen-bond donors (Lipinski definition) is 0. The molecule has 0 heterocycles. The number of hydrogen-bond acceptors (Lipinski definition) is 2. The van der Waals surface area contributed by atoms with Crippen molar-refractivity contribution in [3.63, 3.8) is 0 Å². The molecule has 0 bridgehead atoms. The van der Waals surface area contributed by atoms with Gasteiger partial charge in [0.1, 0.15) is 0 Å². The average molecular weight is 299 g/mol. The minimum Gasteiger partial charge on any atom is -0.207 e. The van der Waals surface area contributed by atoms with Gasteiger partial charge in [0.25, 0.3) is 0 Å². The van der Waals surface area contributed by atoms with E-state index in [0.717, 1.165) is 11.1 Å². The standard InChI is InChI=1S/C17H17NO2S/c1-3-13-18(14-16-7-5-4-6-8-16)21(19,20)17-11-9-15(2)10-12-17/h1,4-12H,13-14H2,2H3. The molecule has 2 rings (SSSR count). The fraction of sp³-hybridized carbons (Fsp3) is 0.176. The molecular weight excluding hydrogens is 282 g/mol. The van der Waals surface area contributed by atoms with Crippen LogP contribution in [0.4, 0.5) is 0 Å². The second-order valence-electron chi connectivity index (χ2n) is 4.78. The molecule has 0 saturated carbocycles. The predicted molar refractivity (Wildman–Crippen MR) is 84.0 cm³/mol. The molecule has 0 fully saturated rings. The lowest BCUT2D eigenvalue weighted by Gasteiger charge is -2.20. The third kappa shape index (κ3) is 3.72. The molecule has 0 amide bonds. The summed E-state index contributed by atoms with van der Waals surface area (Å²) in [6.07, 6.45) is 5.33. The first-order valence-electron chi connectivity index (χ1n) is 6.58. The zero-order valence-corrected chi connectivity index (χ0v) is 12.7. The van der Waals surface area contributed by atoms with E-state index in [1.807, 2.05) is 37.3 Å². The van der Waals surface area contributed by atoms with Crippen molar-refractivity contribution in [3.05, 3.63) is 65.7 Å². The molecule has 0 aliphatic carbocycles. The second-order valence-corrected chi connectivity index (χ2v) is 6.71. The van der Waals surface area contributed by atoms with Gasteiger partial charge in [0.05, 0.1) is 11.4 Å². The lowest BCUT2D eigenvalue weighted by Crippen LogP contribution is -2.31. The van der Waals surface area contributed by atoms with Gasteiger partial charge in [0.2, 0.25) is 10.0 Å². The van der Waals surface area contributed by atoms with E-state index in [4.69, 9.17) is 6.42 Å². The SMILES string of the molecule is C#CCN(Cc1ccccc1)S(=O)(=O)c1ccc(C)cc1. The summed E-state index contributed by atoms with van der Waals surface area (Å²) in [5.74, 6) is 2.42. The highest BCUT2D eigenvalue weighted by Crippen LogP contribution is 2.18. The summed E-state index contributed by atoms with van der Waals surface area (Å²) in [5.41, 5.74) is 1.92. The lowest BCUT2D eigenvalue weighted by atomic mass is 10.2. The molecule has 0 radical (unpaired) electrons. The van der Waals surface area contributed by atoms with Gasteiger partial charge < -0.3 is 0 Å². The van der Waals surface area contributed by atoms with Gasteiger partial charge in [-0.1, -0.05) is 53.9 Å². The third-order valence-corrected chi connectivity index (χ3v) is 4.93. The van der Waals surface area contributed by atoms with Crippen LogP contribution in [0.3, 0.4) is 0 Å². The maximum atomic E-state index is 12.7. The van der Waals surface area contributed by atoms with Gasteiger partial charge in [-0.15, -0.1) is 6.42 Å². The van der Waals surface area contributed by atoms with Crippen LogP contribution in [0.1, 0.15) is 11.1 Å². The van der Waals surface area contributed by atoms with Crippen LogP contribution in [0, 0.1) is 19.3 Å². The summed E-state index contributed by atoms with van der Waals surface area (Å²) >= 11 is 0. The summed E-state index contributed by atoms with van der Waals surface area (Å²) in [6.45, 7) is 2.23. The van der Waals surface area contributed by atoms with Crippen LogP contribution < -0.4 is 0 Å². The molecule has 21 heavy (non-hydrogen) atoms. The zero-order chi connectivity index (χ0) is 15.3. The first-order valence-corrected chi connectivity index (χ1v) is 8.02. The lowest BCUT2D eigenvalue weighted by molar-refractivity contribution is 0.443. The summed E-state index contributed by atoms with van der Waals surface area (Å²) in [7, 11) is -3.59. The summed E-state index contributed by atoms with van der Waals surface area (Å²) in [6, 6.07) is 16.2. The Morgan fingerprint density at radius 1 is 1.05 bits per heavy atom. The molecule has 0 aliphatic rings. The summed E-state index contributed by atoms with van der Waals surface area (Å²) in [5, 5.41) is 0. The molecule has 3 nitrogen and oxygen atoms in total. The van der Waals surface area contributed by atoms with Crippen LogP contribution in [-0.2, 0) is 16.6 Å². The molecule has 0 unspecified atom stereocenters. The van der Waals surface area contributed by atoms with E-state index in [0.29, 0.717) is 0 Å². The topological polar surface area (TPSA) is 37.4 Å². The highest BCUT2D eigenvalue weighted by atomic mass is 32.2. The molecule has 0 aromatic heterocycles. The van der Waals surface area contributed by atoms with Crippen molar-refractivity contribution in [2.24, 2.45) is 0 Å². The van der Waals surface area contributed by atoms with Crippen molar-refractivity contribution in [2.45, 2.75) is 18.4 Å². The van der Waals surface area contributed by atoms with Gasteiger partial charge in [-0.3, -0.25) is 0 Å². The zero-order valence-electron chi connectivity index (χ0n) is 11.9. The first-order chi connectivity index (χ1) is 10.0. The van der Waals surface area contributed by atoms with Gasteiger partial charge in [-0.25, -0.2) is 8.42 Å². The molecule has 108 valence electrons. The Morgan fingerprint density at radius 3 is 2.24 bits per heavy atom. The van der Waals surface area contributed by atoms with E-state index in [9.17, 15) is 8.42 Å². The molecule has 0 atom stereocenters. The van der Waals surface area contributed by atoms with Crippen molar-refractivity contribution in [2.75, 3.05) is 6.54 Å². The number of sulfonamides is 1. The highest BCUT2D eigenvalue weighted by Gasteiger charge is 2.23. The quantitative estimate of drug-likeness (QED) is 0.796. The average Bonchev–Trinajstić information content (AvgIpc) is 2.48. The van der Waals surface area contributed by atoms with E-state index in [1.165, 1.54) is 4.31 Å². The molecule has 0 N–H and O–H groups in total. The number of terminal acetylenes is 1. The van der Waals surface area contributed by atoms with Crippen LogP contribution in [0.5, 0.6) is 0 Å². The Hall–Kier alpha value is -2.09. The molecule has 0 spiro atoms. The minimum atomic E-state index is -3.59. The normalized spacial score (nSPS) is 11.3. The highest BCUT2D eigenvalue weighted by molar-refractivity contribution is 7.89. The van der Waals surface area contributed by atoms with Crippen molar-refractivity contribution in [3.8, 4) is 12.3 Å². The fourth-order valence-electron chi connectivity index (χ4n) is 1.97. The van der Waals surface area contributed by atoms with E-state index < -0.39 is 10.0 Å². The van der Waals surface area contributed by atoms with Crippen LogP contribution in [0.25, 0.3) is 0 Å². The molecular formula is C17H17NO2S. The number of aryl methyl sites for hydroxylation is 1. The Labute approximate surface area is 126 Å². The minimum absolute atomic E-state index is 0.0467. The van der Waals surface area contributed by atoms with E-state index >= 15 is 0 Å². The Balaban J connectivity index is 2.32. The van der Waals surface area contributed by atoms with Gasteiger partial charge in [0, 0.05) is 6.54 Å². The first kappa shape index (κ1) is 15.3. The van der Waals surface area contributed by atoms with Gasteiger partial charge in [-0.2, -0.15) is 4.31 Å². The van der Waals surface area contributed by atoms with Crippen LogP contribution in [-0.4, -0.2) is 19.3 Å². The van der Waals surface area contributed by atoms with E-state index in [1.54, 1.807) is 24.3 Å². The number of nitrogens with zero attached hydrogens (tertiary/aromatic N) is 1. The van der Waals surface area contributed by atoms with E-state index in [2.05, 4.69) is 5.92 Å². The van der Waals surface area contributed by atoms with Gasteiger partial charge in [-0.05, 0) is 24.6 Å². The molecule has 2 aromatic carbocycles. The maximum absolute atomic E-state index is 12.7. The Bertz CT molecular complexity index is 729. The smallest absolute Gasteiger partial charge is 0.207 e. The third-order valence-electron chi connectivity index (χ3n) is 3.13. The van der Waals surface area contributed by atoms with Crippen molar-refractivity contribution in [1.82, 2.24) is 4.31 Å². The molecule has 4 heteroatoms. The number of rotatable bonds is 5. The van der Waals surface area contributed by atoms with Crippen LogP contribution in [0.15, 0.2) is 59.5 Å². The van der Waals surface area contributed by atoms with Gasteiger partial charge in [0.15, 0.2) is 0 Å². The predicted octanol–water partition coefficient (Wildman–Crippen LogP) is 2.82. The largest absolute Gasteiger partial charge is 0.244 e. The van der Waals surface area contributed by atoms with Crippen molar-refractivity contribution < 1.29 is 8.42 Å². The Morgan fingerprint density at radius 2 is 1.67 bits per heavy atom. The van der Waals surface area contributed by atoms with Gasteiger partial charge >= 0.3 is 0 Å². The summed E-state index contributed by atoms with van der Waals surface area (Å²) in [4.78, 5) is 0.263. The second kappa shape index (κ2) is 6.57. The van der Waals surface area contributed by atoms with E-state index in [-0.39, 0.29) is 18.0 Å². The molecule has 0 aliphatic heterocycles. The number of benzene rings is 2. The monoisotopic (exact) mass is 299 g/mol.